The van der Waals surface area contributed by atoms with Gasteiger partial charge in [0.15, 0.2) is 0 Å². The lowest BCUT2D eigenvalue weighted by Gasteiger charge is -2.17. The number of rotatable bonds is 2. The van der Waals surface area contributed by atoms with Gasteiger partial charge in [-0.25, -0.2) is 14.2 Å². The molecule has 6 nitrogen and oxygen atoms in total. The molecule has 21 heavy (non-hydrogen) atoms. The Balaban J connectivity index is 2.16. The second kappa shape index (κ2) is 4.87. The Morgan fingerprint density at radius 2 is 2.00 bits per heavy atom. The van der Waals surface area contributed by atoms with E-state index >= 15 is 0 Å². The van der Waals surface area contributed by atoms with Crippen LogP contribution in [-0.4, -0.2) is 38.7 Å². The Hall–Kier alpha value is -2.37. The number of carbonyl (C=O) groups is 1. The highest BCUT2D eigenvalue weighted by molar-refractivity contribution is 5.82. The Bertz CT molecular complexity index is 759. The van der Waals surface area contributed by atoms with Crippen molar-refractivity contribution in [2.45, 2.75) is 26.3 Å². The molecule has 0 saturated carbocycles. The van der Waals surface area contributed by atoms with Gasteiger partial charge < -0.3 is 4.90 Å². The summed E-state index contributed by atoms with van der Waals surface area (Å²) in [4.78, 5) is 29.8. The second-order valence-electron chi connectivity index (χ2n) is 5.57. The lowest BCUT2D eigenvalue weighted by atomic mass is 10.1. The van der Waals surface area contributed by atoms with Gasteiger partial charge in [-0.1, -0.05) is 12.1 Å². The molecule has 1 aliphatic rings. The van der Waals surface area contributed by atoms with Crippen LogP contribution in [0.15, 0.2) is 29.3 Å². The van der Waals surface area contributed by atoms with Crippen LogP contribution in [-0.2, 0) is 4.79 Å². The maximum Gasteiger partial charge on any atom is 0.364 e. The van der Waals surface area contributed by atoms with Crippen molar-refractivity contribution in [2.75, 3.05) is 13.6 Å². The minimum atomic E-state index is -0.468. The third-order valence-corrected chi connectivity index (χ3v) is 4.01. The van der Waals surface area contributed by atoms with Crippen molar-refractivity contribution < 1.29 is 4.79 Å². The quantitative estimate of drug-likeness (QED) is 0.829. The standard InChI is InChI=1S/C15H18N4O2/c1-10-4-5-11(2)13(8-10)18-9-16-15(21)19(18)12-6-7-17(3)14(12)20/h4-5,8-9,12H,6-7H2,1-3H3/t12-/m1/s1. The van der Waals surface area contributed by atoms with Crippen LogP contribution in [0.25, 0.3) is 5.69 Å². The van der Waals surface area contributed by atoms with Gasteiger partial charge in [-0.3, -0.25) is 4.79 Å². The molecule has 0 unspecified atom stereocenters. The van der Waals surface area contributed by atoms with Crippen LogP contribution in [0.2, 0.25) is 0 Å². The molecule has 0 radical (unpaired) electrons. The SMILES string of the molecule is Cc1ccc(C)c(-n2cnc(=O)n2[C@@H]2CCN(C)C2=O)c1. The zero-order chi connectivity index (χ0) is 15.1. The monoisotopic (exact) mass is 286 g/mol. The largest absolute Gasteiger partial charge is 0.364 e. The first-order chi connectivity index (χ1) is 9.99. The van der Waals surface area contributed by atoms with Gasteiger partial charge in [0.25, 0.3) is 0 Å². The molecule has 2 aromatic rings. The van der Waals surface area contributed by atoms with E-state index in [0.29, 0.717) is 13.0 Å². The second-order valence-corrected chi connectivity index (χ2v) is 5.57. The van der Waals surface area contributed by atoms with Crippen molar-refractivity contribution in [3.63, 3.8) is 0 Å². The number of amides is 1. The third-order valence-electron chi connectivity index (χ3n) is 4.01. The molecule has 1 aliphatic heterocycles. The number of hydrogen-bond acceptors (Lipinski definition) is 3. The summed E-state index contributed by atoms with van der Waals surface area (Å²) in [6.07, 6.45) is 2.13. The minimum absolute atomic E-state index is 0.0378. The smallest absolute Gasteiger partial charge is 0.344 e. The summed E-state index contributed by atoms with van der Waals surface area (Å²) < 4.78 is 3.17. The molecule has 2 heterocycles. The van der Waals surface area contributed by atoms with E-state index in [1.54, 1.807) is 16.6 Å². The van der Waals surface area contributed by atoms with E-state index in [1.165, 1.54) is 11.0 Å². The van der Waals surface area contributed by atoms with Crippen LogP contribution in [0.3, 0.4) is 0 Å². The summed E-state index contributed by atoms with van der Waals surface area (Å²) in [5, 5.41) is 0. The van der Waals surface area contributed by atoms with Crippen molar-refractivity contribution in [3.8, 4) is 5.69 Å². The first-order valence-corrected chi connectivity index (χ1v) is 6.98. The highest BCUT2D eigenvalue weighted by Crippen LogP contribution is 2.23. The normalized spacial score (nSPS) is 18.5. The average Bonchev–Trinajstić information content (AvgIpc) is 2.97. The van der Waals surface area contributed by atoms with Gasteiger partial charge in [-0.2, -0.15) is 4.98 Å². The maximum absolute atomic E-state index is 12.2. The summed E-state index contributed by atoms with van der Waals surface area (Å²) in [7, 11) is 1.76. The topological polar surface area (TPSA) is 60.1 Å². The summed E-state index contributed by atoms with van der Waals surface area (Å²) in [6, 6.07) is 5.55. The molecule has 3 rings (SSSR count). The Morgan fingerprint density at radius 1 is 1.24 bits per heavy atom. The van der Waals surface area contributed by atoms with Crippen LogP contribution >= 0.6 is 0 Å². The van der Waals surface area contributed by atoms with Gasteiger partial charge in [0.05, 0.1) is 5.69 Å². The van der Waals surface area contributed by atoms with Gasteiger partial charge in [0, 0.05) is 13.6 Å². The van der Waals surface area contributed by atoms with Crippen molar-refractivity contribution in [2.24, 2.45) is 0 Å². The third kappa shape index (κ3) is 2.16. The summed E-state index contributed by atoms with van der Waals surface area (Å²) in [5.74, 6) is -0.0378. The van der Waals surface area contributed by atoms with Crippen LogP contribution in [0.5, 0.6) is 0 Å². The molecular formula is C15H18N4O2. The van der Waals surface area contributed by atoms with E-state index in [-0.39, 0.29) is 11.6 Å². The van der Waals surface area contributed by atoms with Gasteiger partial charge >= 0.3 is 5.69 Å². The summed E-state index contributed by atoms with van der Waals surface area (Å²) >= 11 is 0. The number of hydrogen-bond donors (Lipinski definition) is 0. The number of nitrogens with zero attached hydrogens (tertiary/aromatic N) is 4. The van der Waals surface area contributed by atoms with E-state index in [9.17, 15) is 9.59 Å². The molecule has 1 aromatic heterocycles. The zero-order valence-corrected chi connectivity index (χ0v) is 12.4. The summed E-state index contributed by atoms with van der Waals surface area (Å²) in [6.45, 7) is 4.64. The Kier molecular flexibility index (Phi) is 3.16. The van der Waals surface area contributed by atoms with E-state index in [1.807, 2.05) is 32.0 Å². The van der Waals surface area contributed by atoms with Gasteiger partial charge in [-0.05, 0) is 37.5 Å². The molecule has 6 heteroatoms. The van der Waals surface area contributed by atoms with Gasteiger partial charge in [0.1, 0.15) is 12.4 Å². The Morgan fingerprint density at radius 3 is 2.67 bits per heavy atom. The molecule has 1 aromatic carbocycles. The van der Waals surface area contributed by atoms with Crippen LogP contribution in [0.1, 0.15) is 23.6 Å². The van der Waals surface area contributed by atoms with E-state index < -0.39 is 6.04 Å². The zero-order valence-electron chi connectivity index (χ0n) is 12.4. The van der Waals surface area contributed by atoms with Crippen molar-refractivity contribution >= 4 is 5.91 Å². The first kappa shape index (κ1) is 13.6. The Labute approximate surface area is 122 Å². The molecule has 1 fully saturated rings. The van der Waals surface area contributed by atoms with Crippen molar-refractivity contribution in [3.05, 3.63) is 46.1 Å². The fraction of sp³-hybridized carbons (Fsp3) is 0.400. The summed E-state index contributed by atoms with van der Waals surface area (Å²) in [5.41, 5.74) is 2.63. The van der Waals surface area contributed by atoms with E-state index in [0.717, 1.165) is 16.8 Å². The molecule has 1 amide bonds. The fourth-order valence-electron chi connectivity index (χ4n) is 2.77. The number of aromatic nitrogens is 3. The average molecular weight is 286 g/mol. The van der Waals surface area contributed by atoms with Crippen LogP contribution in [0, 0.1) is 13.8 Å². The predicted octanol–water partition coefficient (Wildman–Crippen LogP) is 1.05. The lowest BCUT2D eigenvalue weighted by molar-refractivity contribution is -0.129. The molecule has 0 bridgehead atoms. The minimum Gasteiger partial charge on any atom is -0.344 e. The van der Waals surface area contributed by atoms with Gasteiger partial charge in [-0.15, -0.1) is 0 Å². The lowest BCUT2D eigenvalue weighted by Crippen LogP contribution is -2.33. The van der Waals surface area contributed by atoms with Gasteiger partial charge in [0.2, 0.25) is 5.91 Å². The number of carbonyl (C=O) groups excluding carboxylic acids is 1. The number of benzene rings is 1. The number of likely N-dealkylation sites (N-methyl/N-ethyl adjacent to an activating group) is 1. The highest BCUT2D eigenvalue weighted by Gasteiger charge is 2.33. The molecular weight excluding hydrogens is 268 g/mol. The fourth-order valence-corrected chi connectivity index (χ4v) is 2.77. The van der Waals surface area contributed by atoms with Crippen molar-refractivity contribution in [1.29, 1.82) is 0 Å². The molecule has 0 N–H and O–H groups in total. The number of likely N-dealkylation sites (tertiary alicyclic amines) is 1. The van der Waals surface area contributed by atoms with Crippen molar-refractivity contribution in [1.82, 2.24) is 19.2 Å². The van der Waals surface area contributed by atoms with E-state index in [2.05, 4.69) is 4.98 Å². The van der Waals surface area contributed by atoms with Crippen LogP contribution in [0.4, 0.5) is 0 Å². The molecule has 0 spiro atoms. The maximum atomic E-state index is 12.2. The molecule has 1 atom stereocenters. The molecule has 1 saturated heterocycles. The van der Waals surface area contributed by atoms with E-state index in [4.69, 9.17) is 0 Å². The molecule has 110 valence electrons. The van der Waals surface area contributed by atoms with Crippen LogP contribution < -0.4 is 5.69 Å². The first-order valence-electron chi connectivity index (χ1n) is 6.98. The number of aryl methyl sites for hydroxylation is 2. The predicted molar refractivity (Wildman–Crippen MR) is 78.6 cm³/mol. The highest BCUT2D eigenvalue weighted by atomic mass is 16.2. The molecule has 0 aliphatic carbocycles.